The molecule has 1 amide bonds. The van der Waals surface area contributed by atoms with Crippen molar-refractivity contribution in [1.82, 2.24) is 24.8 Å². The molecule has 7 nitrogen and oxygen atoms in total. The van der Waals surface area contributed by atoms with Gasteiger partial charge >= 0.3 is 0 Å². The molecule has 6 rings (SSSR count). The molecule has 0 bridgehead atoms. The number of aromatic nitrogens is 4. The van der Waals surface area contributed by atoms with Gasteiger partial charge in [-0.3, -0.25) is 9.78 Å². The molecule has 2 saturated heterocycles. The number of nitrogens with one attached hydrogen (secondary N) is 1. The molecule has 5 heterocycles. The number of carbonyl (C=O) groups is 1. The fraction of sp³-hybridized carbons (Fsp3) is 0.500. The zero-order chi connectivity index (χ0) is 20.8. The monoisotopic (exact) mass is 416 g/mol. The molecule has 2 aliphatic heterocycles. The van der Waals surface area contributed by atoms with Crippen molar-refractivity contribution in [2.45, 2.75) is 43.9 Å². The normalized spacial score (nSPS) is 22.8. The highest BCUT2D eigenvalue weighted by atomic mass is 16.2. The highest BCUT2D eigenvalue weighted by Gasteiger charge is 2.49. The average Bonchev–Trinajstić information content (AvgIpc) is 3.24. The van der Waals surface area contributed by atoms with Crippen molar-refractivity contribution in [3.8, 4) is 0 Å². The van der Waals surface area contributed by atoms with Crippen LogP contribution in [-0.4, -0.2) is 56.9 Å². The van der Waals surface area contributed by atoms with Crippen LogP contribution in [0.15, 0.2) is 36.7 Å². The van der Waals surface area contributed by atoms with Gasteiger partial charge in [0.25, 0.3) is 0 Å². The molecule has 160 valence electrons. The molecule has 0 spiro atoms. The fourth-order valence-electron chi connectivity index (χ4n) is 5.30. The number of anilines is 1. The number of hydrogen-bond acceptors (Lipinski definition) is 5. The van der Waals surface area contributed by atoms with Crippen molar-refractivity contribution in [1.29, 1.82) is 0 Å². The maximum atomic E-state index is 12.9. The zero-order valence-corrected chi connectivity index (χ0v) is 17.8. The van der Waals surface area contributed by atoms with E-state index in [0.717, 1.165) is 87.5 Å². The minimum Gasteiger partial charge on any atom is -0.356 e. The molecule has 31 heavy (non-hydrogen) atoms. The predicted molar refractivity (Wildman–Crippen MR) is 119 cm³/mol. The number of fused-ring (bicyclic) bond motifs is 1. The summed E-state index contributed by atoms with van der Waals surface area (Å²) >= 11 is 0. The number of likely N-dealkylation sites (tertiary alicyclic amines) is 1. The first-order valence-corrected chi connectivity index (χ1v) is 11.5. The summed E-state index contributed by atoms with van der Waals surface area (Å²) in [5.41, 5.74) is 2.90. The summed E-state index contributed by atoms with van der Waals surface area (Å²) in [4.78, 5) is 34.8. The third-order valence-electron chi connectivity index (χ3n) is 7.26. The Morgan fingerprint density at radius 1 is 1.06 bits per heavy atom. The zero-order valence-electron chi connectivity index (χ0n) is 17.8. The number of aromatic amines is 1. The number of pyridine rings is 2. The van der Waals surface area contributed by atoms with Gasteiger partial charge in [-0.15, -0.1) is 0 Å². The second-order valence-electron chi connectivity index (χ2n) is 9.26. The Balaban J connectivity index is 1.25. The van der Waals surface area contributed by atoms with Crippen molar-refractivity contribution in [3.05, 3.63) is 48.0 Å². The summed E-state index contributed by atoms with van der Waals surface area (Å²) in [6.07, 6.45) is 10.2. The maximum absolute atomic E-state index is 12.9. The quantitative estimate of drug-likeness (QED) is 0.706. The number of hydrogen-bond donors (Lipinski definition) is 1. The Kier molecular flexibility index (Phi) is 4.44. The van der Waals surface area contributed by atoms with Crippen LogP contribution in [0.4, 0.5) is 5.82 Å². The van der Waals surface area contributed by atoms with Crippen LogP contribution < -0.4 is 4.90 Å². The van der Waals surface area contributed by atoms with Crippen LogP contribution in [0.3, 0.4) is 0 Å². The summed E-state index contributed by atoms with van der Waals surface area (Å²) in [6.45, 7) is 3.56. The largest absolute Gasteiger partial charge is 0.356 e. The lowest BCUT2D eigenvalue weighted by atomic mass is 9.96. The summed E-state index contributed by atoms with van der Waals surface area (Å²) in [7, 11) is 0. The van der Waals surface area contributed by atoms with Gasteiger partial charge in [-0.2, -0.15) is 0 Å². The minimum absolute atomic E-state index is 0.0481. The third kappa shape index (κ3) is 3.27. The highest BCUT2D eigenvalue weighted by molar-refractivity contribution is 5.80. The van der Waals surface area contributed by atoms with E-state index in [4.69, 9.17) is 9.97 Å². The average molecular weight is 417 g/mol. The number of rotatable bonds is 4. The van der Waals surface area contributed by atoms with Gasteiger partial charge in [-0.05, 0) is 62.3 Å². The number of nitrogens with zero attached hydrogens (tertiary/aromatic N) is 5. The molecule has 3 fully saturated rings. The molecule has 0 aromatic carbocycles. The van der Waals surface area contributed by atoms with Crippen LogP contribution in [0.25, 0.3) is 11.2 Å². The van der Waals surface area contributed by atoms with Gasteiger partial charge in [0.1, 0.15) is 17.2 Å². The molecule has 1 saturated carbocycles. The lowest BCUT2D eigenvalue weighted by Crippen LogP contribution is -2.44. The molecular weight excluding hydrogens is 388 g/mol. The minimum atomic E-state index is -0.0481. The Labute approximate surface area is 181 Å². The molecule has 0 radical (unpaired) electrons. The third-order valence-corrected chi connectivity index (χ3v) is 7.26. The summed E-state index contributed by atoms with van der Waals surface area (Å²) < 4.78 is 0. The van der Waals surface area contributed by atoms with Crippen LogP contribution in [0, 0.1) is 5.92 Å². The van der Waals surface area contributed by atoms with Crippen LogP contribution in [0.2, 0.25) is 0 Å². The van der Waals surface area contributed by atoms with Gasteiger partial charge in [0.05, 0.1) is 11.3 Å². The van der Waals surface area contributed by atoms with E-state index >= 15 is 0 Å². The fourth-order valence-corrected chi connectivity index (χ4v) is 5.30. The highest BCUT2D eigenvalue weighted by Crippen LogP contribution is 2.52. The summed E-state index contributed by atoms with van der Waals surface area (Å²) in [5.74, 6) is 2.34. The summed E-state index contributed by atoms with van der Waals surface area (Å²) in [5, 5.41) is 0. The van der Waals surface area contributed by atoms with Crippen LogP contribution in [0.1, 0.15) is 49.9 Å². The van der Waals surface area contributed by atoms with Crippen molar-refractivity contribution < 1.29 is 4.79 Å². The van der Waals surface area contributed by atoms with E-state index in [-0.39, 0.29) is 11.3 Å². The topological polar surface area (TPSA) is 78.0 Å². The van der Waals surface area contributed by atoms with E-state index in [2.05, 4.69) is 38.0 Å². The number of H-pyrrole nitrogens is 1. The second kappa shape index (κ2) is 7.32. The molecule has 3 aliphatic rings. The van der Waals surface area contributed by atoms with E-state index in [1.807, 2.05) is 18.5 Å². The van der Waals surface area contributed by atoms with Crippen molar-refractivity contribution >= 4 is 22.9 Å². The first-order valence-electron chi connectivity index (χ1n) is 11.5. The Morgan fingerprint density at radius 2 is 1.94 bits per heavy atom. The molecule has 1 atom stereocenters. The Morgan fingerprint density at radius 3 is 2.71 bits per heavy atom. The Bertz CT molecular complexity index is 1100. The van der Waals surface area contributed by atoms with Gasteiger partial charge in [-0.25, -0.2) is 9.97 Å². The summed E-state index contributed by atoms with van der Waals surface area (Å²) in [6, 6.07) is 8.24. The van der Waals surface area contributed by atoms with Gasteiger partial charge in [-0.1, -0.05) is 6.07 Å². The molecule has 7 heteroatoms. The lowest BCUT2D eigenvalue weighted by molar-refractivity contribution is -0.134. The van der Waals surface area contributed by atoms with E-state index < -0.39 is 0 Å². The second-order valence-corrected chi connectivity index (χ2v) is 9.26. The van der Waals surface area contributed by atoms with Crippen LogP contribution in [0.5, 0.6) is 0 Å². The van der Waals surface area contributed by atoms with E-state index in [9.17, 15) is 4.79 Å². The van der Waals surface area contributed by atoms with Gasteiger partial charge in [0.15, 0.2) is 5.65 Å². The van der Waals surface area contributed by atoms with Gasteiger partial charge < -0.3 is 14.8 Å². The number of imidazole rings is 1. The standard InChI is InChI=1S/C24H28N6O/c31-22(29-12-1-2-13-29)17-5-4-14-30(16-17)20-8-7-19-21(27-20)28-23(26-19)24(9-10-24)18-6-3-11-25-15-18/h3,6-8,11,15,17H,1-2,4-5,9-10,12-14,16H2,(H,26,27,28)/t17-/m1/s1. The molecular formula is C24H28N6O. The smallest absolute Gasteiger partial charge is 0.227 e. The molecule has 1 aliphatic carbocycles. The SMILES string of the molecule is O=C([C@@H]1CCCN(c2ccc3nc(C4(c5cccnc5)CC4)[nH]c3n2)C1)N1CCCC1. The number of piperidine rings is 1. The first-order chi connectivity index (χ1) is 15.2. The van der Waals surface area contributed by atoms with Crippen LogP contribution in [-0.2, 0) is 10.2 Å². The van der Waals surface area contributed by atoms with Gasteiger partial charge in [0, 0.05) is 38.6 Å². The van der Waals surface area contributed by atoms with Crippen molar-refractivity contribution in [2.75, 3.05) is 31.1 Å². The number of carbonyl (C=O) groups excluding carboxylic acids is 1. The maximum Gasteiger partial charge on any atom is 0.227 e. The number of amides is 1. The van der Waals surface area contributed by atoms with E-state index in [1.54, 1.807) is 0 Å². The molecule has 3 aromatic rings. The van der Waals surface area contributed by atoms with Crippen molar-refractivity contribution in [2.24, 2.45) is 5.92 Å². The van der Waals surface area contributed by atoms with Crippen LogP contribution >= 0.6 is 0 Å². The molecule has 0 unspecified atom stereocenters. The predicted octanol–water partition coefficient (Wildman–Crippen LogP) is 3.27. The lowest BCUT2D eigenvalue weighted by Gasteiger charge is -2.34. The van der Waals surface area contributed by atoms with E-state index in [1.165, 1.54) is 5.56 Å². The molecule has 1 N–H and O–H groups in total. The molecule has 3 aromatic heterocycles. The first kappa shape index (κ1) is 18.8. The van der Waals surface area contributed by atoms with E-state index in [0.29, 0.717) is 5.91 Å². The van der Waals surface area contributed by atoms with Gasteiger partial charge in [0.2, 0.25) is 5.91 Å². The van der Waals surface area contributed by atoms with Crippen molar-refractivity contribution in [3.63, 3.8) is 0 Å². The Hall–Kier alpha value is -2.96.